The van der Waals surface area contributed by atoms with E-state index in [1.165, 1.54) is 4.21 Å². The van der Waals surface area contributed by atoms with E-state index < -0.39 is 0 Å². The minimum absolute atomic E-state index is 0.0787. The van der Waals surface area contributed by atoms with E-state index >= 15 is 0 Å². The summed E-state index contributed by atoms with van der Waals surface area (Å²) in [5.41, 5.74) is 0. The molecule has 1 rings (SSSR count). The molecule has 84 valence electrons. The van der Waals surface area contributed by atoms with Crippen LogP contribution in [0.1, 0.15) is 19.8 Å². The Labute approximate surface area is 99.0 Å². The van der Waals surface area contributed by atoms with Crippen molar-refractivity contribution in [3.8, 4) is 0 Å². The zero-order valence-corrected chi connectivity index (χ0v) is 10.7. The molecule has 1 aromatic heterocycles. The number of thioether (sulfide) groups is 1. The lowest BCUT2D eigenvalue weighted by Crippen LogP contribution is -2.15. The summed E-state index contributed by atoms with van der Waals surface area (Å²) in [5, 5.41) is 2.08. The van der Waals surface area contributed by atoms with Crippen molar-refractivity contribution >= 4 is 28.9 Å². The van der Waals surface area contributed by atoms with Crippen molar-refractivity contribution in [2.75, 3.05) is 12.9 Å². The van der Waals surface area contributed by atoms with Crippen LogP contribution in [0.4, 0.5) is 0 Å². The van der Waals surface area contributed by atoms with Crippen molar-refractivity contribution in [1.29, 1.82) is 0 Å². The number of carbonyl (C=O) groups is 1. The molecule has 0 aliphatic rings. The van der Waals surface area contributed by atoms with Crippen LogP contribution in [0.5, 0.6) is 0 Å². The van der Waals surface area contributed by atoms with E-state index in [1.54, 1.807) is 25.4 Å². The lowest BCUT2D eigenvalue weighted by Gasteiger charge is -2.12. The van der Waals surface area contributed by atoms with Gasteiger partial charge in [-0.2, -0.15) is 0 Å². The predicted molar refractivity (Wildman–Crippen MR) is 65.8 cm³/mol. The van der Waals surface area contributed by atoms with Gasteiger partial charge in [0.2, 0.25) is 0 Å². The maximum absolute atomic E-state index is 10.9. The first-order chi connectivity index (χ1) is 7.22. The van der Waals surface area contributed by atoms with Crippen LogP contribution in [0.15, 0.2) is 21.7 Å². The fourth-order valence-electron chi connectivity index (χ4n) is 1.26. The summed E-state index contributed by atoms with van der Waals surface area (Å²) in [7, 11) is 1.67. The minimum Gasteiger partial charge on any atom is -0.381 e. The van der Waals surface area contributed by atoms with Gasteiger partial charge in [0.05, 0.1) is 10.3 Å². The van der Waals surface area contributed by atoms with Crippen LogP contribution in [-0.2, 0) is 9.53 Å². The molecule has 2 nitrogen and oxygen atoms in total. The average Bonchev–Trinajstić information content (AvgIpc) is 2.68. The van der Waals surface area contributed by atoms with Gasteiger partial charge in [0.1, 0.15) is 5.78 Å². The zero-order chi connectivity index (χ0) is 11.1. The Bertz CT molecular complexity index is 283. The van der Waals surface area contributed by atoms with Crippen LogP contribution in [-0.4, -0.2) is 24.7 Å². The molecule has 1 heterocycles. The van der Waals surface area contributed by atoms with E-state index in [-0.39, 0.29) is 11.9 Å². The fourth-order valence-corrected chi connectivity index (χ4v) is 3.15. The fraction of sp³-hybridized carbons (Fsp3) is 0.545. The van der Waals surface area contributed by atoms with Crippen LogP contribution in [0.3, 0.4) is 0 Å². The first-order valence-corrected chi connectivity index (χ1v) is 6.77. The first kappa shape index (κ1) is 12.7. The summed E-state index contributed by atoms with van der Waals surface area (Å²) in [6, 6.07) is 4.17. The van der Waals surface area contributed by atoms with Gasteiger partial charge in [0.15, 0.2) is 0 Å². The summed E-state index contributed by atoms with van der Waals surface area (Å²) in [5.74, 6) is 1.20. The van der Waals surface area contributed by atoms with Gasteiger partial charge in [-0.3, -0.25) is 4.79 Å². The van der Waals surface area contributed by atoms with Gasteiger partial charge in [0, 0.05) is 19.3 Å². The molecule has 0 amide bonds. The highest BCUT2D eigenvalue weighted by Crippen LogP contribution is 2.24. The summed E-state index contributed by atoms with van der Waals surface area (Å²) in [6.45, 7) is 1.61. The van der Waals surface area contributed by atoms with Crippen molar-refractivity contribution in [2.45, 2.75) is 30.1 Å². The van der Waals surface area contributed by atoms with Gasteiger partial charge in [-0.1, -0.05) is 6.07 Å². The highest BCUT2D eigenvalue weighted by Gasteiger charge is 2.10. The molecule has 0 fully saturated rings. The molecule has 0 radical (unpaired) electrons. The van der Waals surface area contributed by atoms with Gasteiger partial charge in [-0.25, -0.2) is 0 Å². The predicted octanol–water partition coefficient (Wildman–Crippen LogP) is 3.22. The second-order valence-electron chi connectivity index (χ2n) is 3.33. The second kappa shape index (κ2) is 7.04. The van der Waals surface area contributed by atoms with E-state index in [1.807, 2.05) is 11.8 Å². The maximum atomic E-state index is 10.9. The molecule has 0 aliphatic carbocycles. The molecule has 0 saturated carbocycles. The van der Waals surface area contributed by atoms with E-state index in [2.05, 4.69) is 17.5 Å². The van der Waals surface area contributed by atoms with Crippen molar-refractivity contribution in [3.05, 3.63) is 17.5 Å². The third-order valence-electron chi connectivity index (χ3n) is 2.03. The quantitative estimate of drug-likeness (QED) is 0.689. The number of carbonyl (C=O) groups excluding carboxylic acids is 1. The molecule has 0 aliphatic heterocycles. The largest absolute Gasteiger partial charge is 0.381 e. The van der Waals surface area contributed by atoms with Gasteiger partial charge in [-0.15, -0.1) is 23.1 Å². The minimum atomic E-state index is 0.0787. The molecule has 0 spiro atoms. The molecular formula is C11H16O2S2. The molecular weight excluding hydrogens is 228 g/mol. The van der Waals surface area contributed by atoms with Crippen LogP contribution in [0, 0.1) is 0 Å². The Balaban J connectivity index is 2.20. The lowest BCUT2D eigenvalue weighted by molar-refractivity contribution is -0.119. The van der Waals surface area contributed by atoms with E-state index in [9.17, 15) is 4.79 Å². The molecule has 15 heavy (non-hydrogen) atoms. The van der Waals surface area contributed by atoms with Crippen LogP contribution >= 0.6 is 23.1 Å². The van der Waals surface area contributed by atoms with Crippen LogP contribution in [0.25, 0.3) is 0 Å². The molecule has 0 N–H and O–H groups in total. The van der Waals surface area contributed by atoms with Gasteiger partial charge >= 0.3 is 0 Å². The molecule has 1 atom stereocenters. The Morgan fingerprint density at radius 1 is 1.67 bits per heavy atom. The van der Waals surface area contributed by atoms with Crippen LogP contribution < -0.4 is 0 Å². The van der Waals surface area contributed by atoms with E-state index in [4.69, 9.17) is 4.74 Å². The third-order valence-corrected chi connectivity index (χ3v) is 4.19. The molecule has 0 saturated heterocycles. The van der Waals surface area contributed by atoms with E-state index in [0.29, 0.717) is 6.42 Å². The number of Topliss-reactive ketones (excluding diaryl/α,β-unsaturated/α-hetero) is 1. The summed E-state index contributed by atoms with van der Waals surface area (Å²) in [6.07, 6.45) is 1.54. The lowest BCUT2D eigenvalue weighted by atomic mass is 10.1. The molecule has 4 heteroatoms. The van der Waals surface area contributed by atoms with Gasteiger partial charge in [-0.05, 0) is 24.8 Å². The number of ketones is 1. The van der Waals surface area contributed by atoms with Crippen molar-refractivity contribution < 1.29 is 9.53 Å². The first-order valence-electron chi connectivity index (χ1n) is 4.91. The number of hydrogen-bond donors (Lipinski definition) is 0. The highest BCUT2D eigenvalue weighted by molar-refractivity contribution is 8.01. The normalized spacial score (nSPS) is 12.7. The smallest absolute Gasteiger partial charge is 0.132 e. The van der Waals surface area contributed by atoms with Gasteiger partial charge in [0.25, 0.3) is 0 Å². The number of ether oxygens (including phenoxy) is 1. The Morgan fingerprint density at radius 2 is 2.47 bits per heavy atom. The Morgan fingerprint density at radius 3 is 3.00 bits per heavy atom. The maximum Gasteiger partial charge on any atom is 0.132 e. The molecule has 0 aromatic carbocycles. The van der Waals surface area contributed by atoms with Crippen molar-refractivity contribution in [1.82, 2.24) is 0 Å². The van der Waals surface area contributed by atoms with Crippen molar-refractivity contribution in [3.63, 3.8) is 0 Å². The number of methoxy groups -OCH3 is 1. The van der Waals surface area contributed by atoms with Crippen molar-refractivity contribution in [2.24, 2.45) is 0 Å². The number of thiophene rings is 1. The third kappa shape index (κ3) is 5.35. The topological polar surface area (TPSA) is 26.3 Å². The van der Waals surface area contributed by atoms with Crippen LogP contribution in [0.2, 0.25) is 0 Å². The average molecular weight is 244 g/mol. The second-order valence-corrected chi connectivity index (χ2v) is 5.68. The highest BCUT2D eigenvalue weighted by atomic mass is 32.2. The molecule has 1 unspecified atom stereocenters. The van der Waals surface area contributed by atoms with E-state index in [0.717, 1.165) is 12.2 Å². The Kier molecular flexibility index (Phi) is 5.98. The monoisotopic (exact) mass is 244 g/mol. The molecule has 0 bridgehead atoms. The molecule has 1 aromatic rings. The summed E-state index contributed by atoms with van der Waals surface area (Å²) in [4.78, 5) is 10.9. The zero-order valence-electron chi connectivity index (χ0n) is 9.06. The number of rotatable bonds is 7. The summed E-state index contributed by atoms with van der Waals surface area (Å²) < 4.78 is 6.58. The number of hydrogen-bond acceptors (Lipinski definition) is 4. The Hall–Kier alpha value is -0.320. The summed E-state index contributed by atoms with van der Waals surface area (Å²) >= 11 is 3.58. The van der Waals surface area contributed by atoms with Gasteiger partial charge < -0.3 is 4.74 Å². The standard InChI is InChI=1S/C11H16O2S2/c1-9(12)8-10(13-2)5-7-15-11-4-3-6-14-11/h3-4,6,10H,5,7-8H2,1-2H3. The SMILES string of the molecule is COC(CCSc1cccs1)CC(C)=O.